The Morgan fingerprint density at radius 3 is 3.06 bits per heavy atom. The van der Waals surface area contributed by atoms with Gasteiger partial charge in [0.1, 0.15) is 0 Å². The van der Waals surface area contributed by atoms with Crippen LogP contribution in [0.4, 0.5) is 0 Å². The molecular formula is C13H18N2OS. The van der Waals surface area contributed by atoms with Crippen LogP contribution in [0.15, 0.2) is 16.8 Å². The van der Waals surface area contributed by atoms with Gasteiger partial charge in [-0.05, 0) is 35.2 Å². The molecule has 1 aromatic heterocycles. The normalized spacial score (nSPS) is 26.4. The first-order valence-electron chi connectivity index (χ1n) is 6.14. The quantitative estimate of drug-likeness (QED) is 0.863. The van der Waals surface area contributed by atoms with Gasteiger partial charge < -0.3 is 10.4 Å². The number of hydrogen-bond donors (Lipinski definition) is 2. The van der Waals surface area contributed by atoms with Gasteiger partial charge in [-0.1, -0.05) is 12.8 Å². The minimum Gasteiger partial charge on any atom is -0.387 e. The second-order valence-corrected chi connectivity index (χ2v) is 5.39. The molecule has 1 fully saturated rings. The maximum Gasteiger partial charge on any atom is 0.0922 e. The highest BCUT2D eigenvalue weighted by molar-refractivity contribution is 7.07. The fourth-order valence-electron chi connectivity index (χ4n) is 2.38. The van der Waals surface area contributed by atoms with Gasteiger partial charge in [-0.3, -0.25) is 0 Å². The summed E-state index contributed by atoms with van der Waals surface area (Å²) < 4.78 is 0. The van der Waals surface area contributed by atoms with Crippen LogP contribution in [-0.4, -0.2) is 17.7 Å². The predicted octanol–water partition coefficient (Wildman–Crippen LogP) is 2.45. The van der Waals surface area contributed by atoms with Crippen LogP contribution in [0, 0.1) is 17.2 Å². The van der Waals surface area contributed by atoms with Crippen LogP contribution in [0.1, 0.15) is 37.4 Å². The van der Waals surface area contributed by atoms with Gasteiger partial charge in [-0.15, -0.1) is 0 Å². The number of nitrogens with one attached hydrogen (secondary N) is 1. The summed E-state index contributed by atoms with van der Waals surface area (Å²) >= 11 is 1.59. The van der Waals surface area contributed by atoms with Crippen LogP contribution >= 0.6 is 11.3 Å². The van der Waals surface area contributed by atoms with E-state index in [-0.39, 0.29) is 12.0 Å². The first-order valence-corrected chi connectivity index (χ1v) is 7.08. The third-order valence-corrected chi connectivity index (χ3v) is 4.13. The molecule has 0 amide bonds. The van der Waals surface area contributed by atoms with Crippen LogP contribution < -0.4 is 5.32 Å². The lowest BCUT2D eigenvalue weighted by molar-refractivity contribution is 0.161. The molecule has 92 valence electrons. The van der Waals surface area contributed by atoms with E-state index in [1.807, 2.05) is 16.8 Å². The second kappa shape index (κ2) is 6.15. The summed E-state index contributed by atoms with van der Waals surface area (Å²) in [6.07, 6.45) is 3.92. The lowest BCUT2D eigenvalue weighted by Gasteiger charge is -2.28. The first kappa shape index (κ1) is 12.6. The zero-order valence-corrected chi connectivity index (χ0v) is 10.6. The fourth-order valence-corrected chi connectivity index (χ4v) is 3.08. The average Bonchev–Trinajstić information content (AvgIpc) is 2.90. The zero-order valence-electron chi connectivity index (χ0n) is 9.80. The largest absolute Gasteiger partial charge is 0.387 e. The van der Waals surface area contributed by atoms with Gasteiger partial charge in [-0.2, -0.15) is 16.6 Å². The number of aliphatic hydroxyl groups is 1. The number of nitrogens with zero attached hydrogens (tertiary/aromatic N) is 1. The maximum atomic E-state index is 9.96. The Kier molecular flexibility index (Phi) is 4.55. The molecule has 0 spiro atoms. The molecule has 17 heavy (non-hydrogen) atoms. The zero-order chi connectivity index (χ0) is 12.1. The number of rotatable bonds is 4. The Hall–Kier alpha value is -0.890. The van der Waals surface area contributed by atoms with Crippen LogP contribution in [0.5, 0.6) is 0 Å². The molecule has 2 rings (SSSR count). The van der Waals surface area contributed by atoms with E-state index in [1.165, 1.54) is 6.42 Å². The lowest BCUT2D eigenvalue weighted by Crippen LogP contribution is -2.39. The Morgan fingerprint density at radius 2 is 2.35 bits per heavy atom. The minimum absolute atomic E-state index is 0.110. The molecule has 0 aliphatic heterocycles. The molecule has 1 aliphatic carbocycles. The van der Waals surface area contributed by atoms with E-state index in [0.29, 0.717) is 6.54 Å². The summed E-state index contributed by atoms with van der Waals surface area (Å²) in [5.41, 5.74) is 0.965. The third-order valence-electron chi connectivity index (χ3n) is 3.43. The highest BCUT2D eigenvalue weighted by Crippen LogP contribution is 2.24. The molecule has 3 atom stereocenters. The van der Waals surface area contributed by atoms with Crippen LogP contribution in [-0.2, 0) is 0 Å². The van der Waals surface area contributed by atoms with Crippen molar-refractivity contribution < 1.29 is 5.11 Å². The van der Waals surface area contributed by atoms with Crippen molar-refractivity contribution in [3.8, 4) is 6.07 Å². The van der Waals surface area contributed by atoms with Crippen molar-refractivity contribution in [2.24, 2.45) is 5.92 Å². The van der Waals surface area contributed by atoms with Crippen LogP contribution in [0.2, 0.25) is 0 Å². The number of thiophene rings is 1. The minimum atomic E-state index is -0.456. The summed E-state index contributed by atoms with van der Waals surface area (Å²) in [7, 11) is 0. The van der Waals surface area contributed by atoms with Gasteiger partial charge in [0, 0.05) is 12.6 Å². The highest BCUT2D eigenvalue weighted by Gasteiger charge is 2.25. The molecule has 3 unspecified atom stereocenters. The van der Waals surface area contributed by atoms with E-state index in [0.717, 1.165) is 24.8 Å². The summed E-state index contributed by atoms with van der Waals surface area (Å²) in [4.78, 5) is 0. The van der Waals surface area contributed by atoms with Gasteiger partial charge >= 0.3 is 0 Å². The first-order chi connectivity index (χ1) is 8.31. The molecule has 0 bridgehead atoms. The number of aliphatic hydroxyl groups excluding tert-OH is 1. The molecular weight excluding hydrogens is 232 g/mol. The second-order valence-electron chi connectivity index (χ2n) is 4.61. The van der Waals surface area contributed by atoms with Gasteiger partial charge in [0.15, 0.2) is 0 Å². The van der Waals surface area contributed by atoms with E-state index < -0.39 is 6.10 Å². The Balaban J connectivity index is 1.83. The summed E-state index contributed by atoms with van der Waals surface area (Å²) in [5, 5.41) is 26.3. The van der Waals surface area contributed by atoms with E-state index >= 15 is 0 Å². The smallest absolute Gasteiger partial charge is 0.0922 e. The SMILES string of the molecule is N#CC1CCCCC1NCC(O)c1ccsc1. The molecule has 2 N–H and O–H groups in total. The fraction of sp³-hybridized carbons (Fsp3) is 0.615. The Bertz CT molecular complexity index is 371. The molecule has 3 nitrogen and oxygen atoms in total. The molecule has 0 saturated heterocycles. The van der Waals surface area contributed by atoms with Gasteiger partial charge in [-0.25, -0.2) is 0 Å². The predicted molar refractivity (Wildman–Crippen MR) is 68.6 cm³/mol. The number of nitriles is 1. The van der Waals surface area contributed by atoms with Crippen molar-refractivity contribution in [3.63, 3.8) is 0 Å². The van der Waals surface area contributed by atoms with Crippen molar-refractivity contribution in [2.75, 3.05) is 6.54 Å². The highest BCUT2D eigenvalue weighted by atomic mass is 32.1. The summed E-state index contributed by atoms with van der Waals surface area (Å²) in [5.74, 6) is 0.110. The standard InChI is InChI=1S/C13H18N2OS/c14-7-10-3-1-2-4-12(10)15-8-13(16)11-5-6-17-9-11/h5-6,9-10,12-13,15-16H,1-4,8H2. The third kappa shape index (κ3) is 3.29. The average molecular weight is 250 g/mol. The molecule has 0 aromatic carbocycles. The molecule has 1 heterocycles. The Morgan fingerprint density at radius 1 is 1.53 bits per heavy atom. The van der Waals surface area contributed by atoms with E-state index in [1.54, 1.807) is 11.3 Å². The van der Waals surface area contributed by atoms with E-state index in [9.17, 15) is 5.11 Å². The number of hydrogen-bond acceptors (Lipinski definition) is 4. The molecule has 0 radical (unpaired) electrons. The van der Waals surface area contributed by atoms with Gasteiger partial charge in [0.05, 0.1) is 18.1 Å². The van der Waals surface area contributed by atoms with Crippen LogP contribution in [0.3, 0.4) is 0 Å². The van der Waals surface area contributed by atoms with Crippen molar-refractivity contribution in [2.45, 2.75) is 37.8 Å². The van der Waals surface area contributed by atoms with Crippen molar-refractivity contribution in [3.05, 3.63) is 22.4 Å². The molecule has 4 heteroatoms. The molecule has 1 saturated carbocycles. The van der Waals surface area contributed by atoms with E-state index in [2.05, 4.69) is 11.4 Å². The van der Waals surface area contributed by atoms with Crippen molar-refractivity contribution in [1.29, 1.82) is 5.26 Å². The summed E-state index contributed by atoms with van der Waals surface area (Å²) in [6, 6.07) is 4.57. The topological polar surface area (TPSA) is 56.0 Å². The van der Waals surface area contributed by atoms with Gasteiger partial charge in [0.25, 0.3) is 0 Å². The Labute approximate surface area is 106 Å². The van der Waals surface area contributed by atoms with Crippen LogP contribution in [0.25, 0.3) is 0 Å². The lowest BCUT2D eigenvalue weighted by atomic mass is 9.85. The molecule has 1 aliphatic rings. The maximum absolute atomic E-state index is 9.96. The van der Waals surface area contributed by atoms with Crippen molar-refractivity contribution in [1.82, 2.24) is 5.32 Å². The summed E-state index contributed by atoms with van der Waals surface area (Å²) in [6.45, 7) is 0.541. The van der Waals surface area contributed by atoms with E-state index in [4.69, 9.17) is 5.26 Å². The van der Waals surface area contributed by atoms with Crippen molar-refractivity contribution >= 4 is 11.3 Å². The molecule has 1 aromatic rings. The monoisotopic (exact) mass is 250 g/mol. The van der Waals surface area contributed by atoms with Gasteiger partial charge in [0.2, 0.25) is 0 Å².